The van der Waals surface area contributed by atoms with Gasteiger partial charge in [-0.1, -0.05) is 41.4 Å². The van der Waals surface area contributed by atoms with Crippen LogP contribution in [0.1, 0.15) is 46.5 Å². The van der Waals surface area contributed by atoms with Crippen molar-refractivity contribution < 1.29 is 9.13 Å². The Bertz CT molecular complexity index is 1140. The summed E-state index contributed by atoms with van der Waals surface area (Å²) in [6.07, 6.45) is 0.249. The standard InChI is InChI=1S/C24H20ClFN2O/c1-14-6-7-15(2)19(10-14)21-13-22-20-12-17(25)8-9-23(20)29-24(28(22)27-21)16-4-3-5-18(26)11-16/h3-12,22,24H,13H2,1-2H3/t22-,24-/m1/s1. The van der Waals surface area contributed by atoms with Crippen molar-refractivity contribution in [3.8, 4) is 5.75 Å². The van der Waals surface area contributed by atoms with Gasteiger partial charge in [0.05, 0.1) is 11.8 Å². The van der Waals surface area contributed by atoms with E-state index in [0.717, 1.165) is 34.6 Å². The van der Waals surface area contributed by atoms with Crippen LogP contribution in [0.15, 0.2) is 65.8 Å². The summed E-state index contributed by atoms with van der Waals surface area (Å²) in [4.78, 5) is 0. The van der Waals surface area contributed by atoms with Crippen molar-refractivity contribution in [2.75, 3.05) is 0 Å². The SMILES string of the molecule is Cc1ccc(C)c(C2=NN3[C@H](C2)c2cc(Cl)ccc2O[C@@H]3c2cccc(F)c2)c1. The minimum atomic E-state index is -0.494. The Hall–Kier alpha value is -2.85. The Labute approximate surface area is 174 Å². The molecule has 0 amide bonds. The van der Waals surface area contributed by atoms with Gasteiger partial charge >= 0.3 is 0 Å². The molecule has 0 saturated heterocycles. The Morgan fingerprint density at radius 3 is 2.76 bits per heavy atom. The van der Waals surface area contributed by atoms with Gasteiger partial charge in [-0.2, -0.15) is 5.10 Å². The van der Waals surface area contributed by atoms with Gasteiger partial charge in [-0.05, 0) is 55.8 Å². The lowest BCUT2D eigenvalue weighted by molar-refractivity contribution is -0.0192. The van der Waals surface area contributed by atoms with Crippen LogP contribution in [0.3, 0.4) is 0 Å². The first-order valence-electron chi connectivity index (χ1n) is 9.64. The summed E-state index contributed by atoms with van der Waals surface area (Å²) in [5, 5.41) is 7.57. The van der Waals surface area contributed by atoms with Gasteiger partial charge in [0.1, 0.15) is 11.6 Å². The van der Waals surface area contributed by atoms with E-state index in [2.05, 4.69) is 32.0 Å². The van der Waals surface area contributed by atoms with Crippen molar-refractivity contribution >= 4 is 17.3 Å². The molecule has 0 N–H and O–H groups in total. The average molecular weight is 407 g/mol. The Morgan fingerprint density at radius 2 is 1.93 bits per heavy atom. The van der Waals surface area contributed by atoms with Crippen molar-refractivity contribution in [1.29, 1.82) is 0 Å². The highest BCUT2D eigenvalue weighted by atomic mass is 35.5. The van der Waals surface area contributed by atoms with Crippen LogP contribution in [-0.4, -0.2) is 10.7 Å². The minimum Gasteiger partial charge on any atom is -0.464 e. The zero-order chi connectivity index (χ0) is 20.1. The summed E-state index contributed by atoms with van der Waals surface area (Å²) in [5.41, 5.74) is 6.27. The van der Waals surface area contributed by atoms with Gasteiger partial charge in [0.15, 0.2) is 0 Å². The first-order chi connectivity index (χ1) is 14.0. The van der Waals surface area contributed by atoms with Crippen LogP contribution in [0, 0.1) is 19.7 Å². The highest BCUT2D eigenvalue weighted by molar-refractivity contribution is 6.30. The van der Waals surface area contributed by atoms with E-state index in [-0.39, 0.29) is 11.9 Å². The number of fused-ring (bicyclic) bond motifs is 3. The first-order valence-corrected chi connectivity index (χ1v) is 10.0. The molecule has 29 heavy (non-hydrogen) atoms. The zero-order valence-corrected chi connectivity index (χ0v) is 16.9. The molecule has 5 rings (SSSR count). The maximum absolute atomic E-state index is 13.9. The van der Waals surface area contributed by atoms with Crippen LogP contribution in [0.2, 0.25) is 5.02 Å². The topological polar surface area (TPSA) is 24.8 Å². The molecule has 2 aliphatic heterocycles. The summed E-state index contributed by atoms with van der Waals surface area (Å²) in [5.74, 6) is 0.477. The summed E-state index contributed by atoms with van der Waals surface area (Å²) >= 11 is 6.28. The van der Waals surface area contributed by atoms with E-state index in [1.165, 1.54) is 23.3 Å². The molecule has 3 aromatic rings. The van der Waals surface area contributed by atoms with Crippen molar-refractivity contribution in [2.45, 2.75) is 32.5 Å². The second kappa shape index (κ2) is 6.89. The monoisotopic (exact) mass is 406 g/mol. The predicted octanol–water partition coefficient (Wildman–Crippen LogP) is 6.34. The molecule has 2 aliphatic rings. The molecular formula is C24H20ClFN2O. The lowest BCUT2D eigenvalue weighted by atomic mass is 9.93. The lowest BCUT2D eigenvalue weighted by Crippen LogP contribution is -2.33. The highest BCUT2D eigenvalue weighted by Crippen LogP contribution is 2.48. The number of halogens is 2. The quantitative estimate of drug-likeness (QED) is 0.496. The van der Waals surface area contributed by atoms with Gasteiger partial charge in [0, 0.05) is 28.1 Å². The number of hydrogen-bond acceptors (Lipinski definition) is 3. The van der Waals surface area contributed by atoms with Crippen LogP contribution in [0.25, 0.3) is 0 Å². The Morgan fingerprint density at radius 1 is 1.07 bits per heavy atom. The Balaban J connectivity index is 1.64. The normalized spacial score (nSPS) is 20.0. The van der Waals surface area contributed by atoms with E-state index in [1.54, 1.807) is 6.07 Å². The number of ether oxygens (including phenoxy) is 1. The van der Waals surface area contributed by atoms with E-state index in [9.17, 15) is 4.39 Å². The van der Waals surface area contributed by atoms with E-state index < -0.39 is 6.23 Å². The molecule has 146 valence electrons. The molecule has 0 fully saturated rings. The number of benzene rings is 3. The zero-order valence-electron chi connectivity index (χ0n) is 16.2. The van der Waals surface area contributed by atoms with E-state index in [4.69, 9.17) is 21.4 Å². The summed E-state index contributed by atoms with van der Waals surface area (Å²) in [6.45, 7) is 4.18. The fourth-order valence-electron chi connectivity index (χ4n) is 4.15. The molecule has 3 aromatic carbocycles. The second-order valence-corrected chi connectivity index (χ2v) is 8.11. The number of hydrazone groups is 1. The largest absolute Gasteiger partial charge is 0.464 e. The molecule has 0 spiro atoms. The molecule has 2 heterocycles. The molecule has 0 radical (unpaired) electrons. The van der Waals surface area contributed by atoms with Crippen LogP contribution < -0.4 is 4.74 Å². The number of rotatable bonds is 2. The van der Waals surface area contributed by atoms with Gasteiger partial charge < -0.3 is 4.74 Å². The Kier molecular flexibility index (Phi) is 4.32. The molecule has 2 atom stereocenters. The summed E-state index contributed by atoms with van der Waals surface area (Å²) in [7, 11) is 0. The van der Waals surface area contributed by atoms with Crippen molar-refractivity contribution in [1.82, 2.24) is 5.01 Å². The molecular weight excluding hydrogens is 387 g/mol. The first kappa shape index (κ1) is 18.2. The predicted molar refractivity (Wildman–Crippen MR) is 113 cm³/mol. The van der Waals surface area contributed by atoms with Crippen molar-refractivity contribution in [3.63, 3.8) is 0 Å². The molecule has 0 saturated carbocycles. The molecule has 0 aromatic heterocycles. The maximum atomic E-state index is 13.9. The van der Waals surface area contributed by atoms with Crippen molar-refractivity contribution in [3.05, 3.63) is 99.3 Å². The number of aryl methyl sites for hydroxylation is 2. The van der Waals surface area contributed by atoms with Gasteiger partial charge in [0.25, 0.3) is 0 Å². The van der Waals surface area contributed by atoms with Crippen LogP contribution in [-0.2, 0) is 0 Å². The van der Waals surface area contributed by atoms with Crippen LogP contribution in [0.4, 0.5) is 4.39 Å². The molecule has 5 heteroatoms. The third-order valence-corrected chi connectivity index (χ3v) is 5.82. The smallest absolute Gasteiger partial charge is 0.213 e. The molecule has 0 aliphatic carbocycles. The van der Waals surface area contributed by atoms with E-state index in [1.807, 2.05) is 29.3 Å². The number of hydrogen-bond donors (Lipinski definition) is 0. The average Bonchev–Trinajstić information content (AvgIpc) is 3.15. The highest BCUT2D eigenvalue weighted by Gasteiger charge is 2.41. The third-order valence-electron chi connectivity index (χ3n) is 5.59. The van der Waals surface area contributed by atoms with Gasteiger partial charge in [0.2, 0.25) is 6.23 Å². The van der Waals surface area contributed by atoms with E-state index >= 15 is 0 Å². The lowest BCUT2D eigenvalue weighted by Gasteiger charge is -2.38. The molecule has 0 unspecified atom stereocenters. The minimum absolute atomic E-state index is 0.0133. The maximum Gasteiger partial charge on any atom is 0.213 e. The van der Waals surface area contributed by atoms with Gasteiger partial charge in [-0.25, -0.2) is 9.40 Å². The molecule has 3 nitrogen and oxygen atoms in total. The van der Waals surface area contributed by atoms with Gasteiger partial charge in [-0.3, -0.25) is 0 Å². The summed E-state index contributed by atoms with van der Waals surface area (Å²) < 4.78 is 20.2. The van der Waals surface area contributed by atoms with E-state index in [0.29, 0.717) is 5.02 Å². The van der Waals surface area contributed by atoms with Crippen LogP contribution in [0.5, 0.6) is 5.75 Å². The van der Waals surface area contributed by atoms with Crippen LogP contribution >= 0.6 is 11.6 Å². The fourth-order valence-corrected chi connectivity index (χ4v) is 4.33. The van der Waals surface area contributed by atoms with Gasteiger partial charge in [-0.15, -0.1) is 0 Å². The second-order valence-electron chi connectivity index (χ2n) is 7.67. The summed E-state index contributed by atoms with van der Waals surface area (Å²) in [6, 6.07) is 18.5. The molecule has 0 bridgehead atoms. The van der Waals surface area contributed by atoms with Crippen molar-refractivity contribution in [2.24, 2.45) is 5.10 Å². The third kappa shape index (κ3) is 3.18. The number of nitrogens with zero attached hydrogens (tertiary/aromatic N) is 2. The fraction of sp³-hybridized carbons (Fsp3) is 0.208.